The lowest BCUT2D eigenvalue weighted by Crippen LogP contribution is -2.23. The van der Waals surface area contributed by atoms with E-state index in [1.165, 1.54) is 0 Å². The van der Waals surface area contributed by atoms with Crippen LogP contribution in [0.1, 0.15) is 27.0 Å². The van der Waals surface area contributed by atoms with Gasteiger partial charge in [0.25, 0.3) is 5.91 Å². The van der Waals surface area contributed by atoms with Crippen molar-refractivity contribution >= 4 is 11.6 Å². The summed E-state index contributed by atoms with van der Waals surface area (Å²) in [6, 6.07) is 25.8. The molecular formula is C24H26N2O2. The molecule has 0 fully saturated rings. The largest absolute Gasteiger partial charge is 0.378 e. The summed E-state index contributed by atoms with van der Waals surface area (Å²) in [5, 5.41) is 3.02. The maximum Gasteiger partial charge on any atom is 0.251 e. The van der Waals surface area contributed by atoms with Crippen LogP contribution in [0.15, 0.2) is 78.9 Å². The summed E-state index contributed by atoms with van der Waals surface area (Å²) in [5.74, 6) is -0.0799. The first-order chi connectivity index (χ1) is 13.6. The summed E-state index contributed by atoms with van der Waals surface area (Å²) in [4.78, 5) is 14.5. The molecular weight excluding hydrogens is 348 g/mol. The standard InChI is InChI=1S/C24H26N2O2/c1-26(2)23-14-8-13-20(15-23)24(27)25-16-21-11-6-7-12-22(21)18-28-17-19-9-4-3-5-10-19/h3-15H,16-18H2,1-2H3,(H,25,27). The highest BCUT2D eigenvalue weighted by Crippen LogP contribution is 2.15. The smallest absolute Gasteiger partial charge is 0.251 e. The Balaban J connectivity index is 1.58. The third-order valence-corrected chi connectivity index (χ3v) is 4.55. The van der Waals surface area contributed by atoms with E-state index in [1.54, 1.807) is 0 Å². The Morgan fingerprint density at radius 3 is 2.32 bits per heavy atom. The van der Waals surface area contributed by atoms with Gasteiger partial charge in [0.1, 0.15) is 0 Å². The SMILES string of the molecule is CN(C)c1cccc(C(=O)NCc2ccccc2COCc2ccccc2)c1. The minimum absolute atomic E-state index is 0.0799. The monoisotopic (exact) mass is 374 g/mol. The van der Waals surface area contributed by atoms with E-state index in [4.69, 9.17) is 4.74 Å². The molecule has 0 aliphatic heterocycles. The second kappa shape index (κ2) is 9.72. The van der Waals surface area contributed by atoms with Gasteiger partial charge >= 0.3 is 0 Å². The zero-order chi connectivity index (χ0) is 19.8. The highest BCUT2D eigenvalue weighted by molar-refractivity contribution is 5.95. The molecule has 0 aliphatic rings. The van der Waals surface area contributed by atoms with Crippen LogP contribution >= 0.6 is 0 Å². The second-order valence-corrected chi connectivity index (χ2v) is 6.87. The Kier molecular flexibility index (Phi) is 6.82. The van der Waals surface area contributed by atoms with Crippen molar-refractivity contribution in [1.82, 2.24) is 5.32 Å². The molecule has 1 N–H and O–H groups in total. The molecule has 144 valence electrons. The van der Waals surface area contributed by atoms with Gasteiger partial charge < -0.3 is 15.0 Å². The average molecular weight is 374 g/mol. The fourth-order valence-corrected chi connectivity index (χ4v) is 2.93. The van der Waals surface area contributed by atoms with Gasteiger partial charge in [-0.2, -0.15) is 0 Å². The summed E-state index contributed by atoms with van der Waals surface area (Å²) < 4.78 is 5.86. The van der Waals surface area contributed by atoms with Crippen LogP contribution in [0.4, 0.5) is 5.69 Å². The number of hydrogen-bond acceptors (Lipinski definition) is 3. The summed E-state index contributed by atoms with van der Waals surface area (Å²) in [6.45, 7) is 1.55. The lowest BCUT2D eigenvalue weighted by atomic mass is 10.1. The number of nitrogens with zero attached hydrogens (tertiary/aromatic N) is 1. The van der Waals surface area contributed by atoms with Gasteiger partial charge in [-0.25, -0.2) is 0 Å². The number of rotatable bonds is 8. The van der Waals surface area contributed by atoms with Gasteiger partial charge in [-0.05, 0) is 34.9 Å². The third kappa shape index (κ3) is 5.44. The Labute approximate surface area is 166 Å². The molecule has 0 unspecified atom stereocenters. The Hall–Kier alpha value is -3.11. The first kappa shape index (κ1) is 19.6. The van der Waals surface area contributed by atoms with E-state index in [9.17, 15) is 4.79 Å². The first-order valence-electron chi connectivity index (χ1n) is 9.37. The van der Waals surface area contributed by atoms with Crippen molar-refractivity contribution in [2.24, 2.45) is 0 Å². The third-order valence-electron chi connectivity index (χ3n) is 4.55. The first-order valence-corrected chi connectivity index (χ1v) is 9.37. The highest BCUT2D eigenvalue weighted by atomic mass is 16.5. The van der Waals surface area contributed by atoms with E-state index >= 15 is 0 Å². The number of anilines is 1. The van der Waals surface area contributed by atoms with Gasteiger partial charge in [-0.1, -0.05) is 60.7 Å². The number of ether oxygens (including phenoxy) is 1. The molecule has 28 heavy (non-hydrogen) atoms. The van der Waals surface area contributed by atoms with E-state index in [0.717, 1.165) is 22.4 Å². The number of carbonyl (C=O) groups excluding carboxylic acids is 1. The lowest BCUT2D eigenvalue weighted by Gasteiger charge is -2.14. The van der Waals surface area contributed by atoms with Gasteiger partial charge in [-0.3, -0.25) is 4.79 Å². The van der Waals surface area contributed by atoms with E-state index in [1.807, 2.05) is 97.9 Å². The Bertz CT molecular complexity index is 907. The minimum atomic E-state index is -0.0799. The molecule has 4 nitrogen and oxygen atoms in total. The van der Waals surface area contributed by atoms with Crippen molar-refractivity contribution in [1.29, 1.82) is 0 Å². The fraction of sp³-hybridized carbons (Fsp3) is 0.208. The number of hydrogen-bond donors (Lipinski definition) is 1. The normalized spacial score (nSPS) is 10.5. The predicted octanol–water partition coefficient (Wildman–Crippen LogP) is 4.40. The summed E-state index contributed by atoms with van der Waals surface area (Å²) in [6.07, 6.45) is 0. The summed E-state index contributed by atoms with van der Waals surface area (Å²) in [7, 11) is 3.92. The molecule has 0 heterocycles. The highest BCUT2D eigenvalue weighted by Gasteiger charge is 2.09. The van der Waals surface area contributed by atoms with Crippen molar-refractivity contribution in [3.63, 3.8) is 0 Å². The van der Waals surface area contributed by atoms with E-state index in [2.05, 4.69) is 5.32 Å². The molecule has 0 atom stereocenters. The Morgan fingerprint density at radius 1 is 0.857 bits per heavy atom. The Morgan fingerprint density at radius 2 is 1.57 bits per heavy atom. The molecule has 0 aromatic heterocycles. The van der Waals surface area contributed by atoms with Crippen LogP contribution in [0, 0.1) is 0 Å². The van der Waals surface area contributed by atoms with Crippen LogP contribution in [0.2, 0.25) is 0 Å². The average Bonchev–Trinajstić information content (AvgIpc) is 2.73. The fourth-order valence-electron chi connectivity index (χ4n) is 2.93. The van der Waals surface area contributed by atoms with Crippen molar-refractivity contribution < 1.29 is 9.53 Å². The van der Waals surface area contributed by atoms with Crippen molar-refractivity contribution in [2.45, 2.75) is 19.8 Å². The van der Waals surface area contributed by atoms with Crippen LogP contribution in [0.25, 0.3) is 0 Å². The molecule has 3 aromatic carbocycles. The zero-order valence-corrected chi connectivity index (χ0v) is 16.4. The number of amides is 1. The number of benzene rings is 3. The van der Waals surface area contributed by atoms with Gasteiger partial charge in [-0.15, -0.1) is 0 Å². The summed E-state index contributed by atoms with van der Waals surface area (Å²) >= 11 is 0. The lowest BCUT2D eigenvalue weighted by molar-refractivity contribution is 0.0947. The van der Waals surface area contributed by atoms with Crippen molar-refractivity contribution in [3.05, 3.63) is 101 Å². The molecule has 3 rings (SSSR count). The van der Waals surface area contributed by atoms with Crippen LogP contribution in [-0.2, 0) is 24.5 Å². The molecule has 4 heteroatoms. The molecule has 0 saturated carbocycles. The maximum absolute atomic E-state index is 12.5. The van der Waals surface area contributed by atoms with Crippen LogP contribution < -0.4 is 10.2 Å². The van der Waals surface area contributed by atoms with Crippen molar-refractivity contribution in [2.75, 3.05) is 19.0 Å². The van der Waals surface area contributed by atoms with E-state index in [-0.39, 0.29) is 5.91 Å². The molecule has 1 amide bonds. The van der Waals surface area contributed by atoms with Gasteiger partial charge in [0.05, 0.1) is 13.2 Å². The number of nitrogens with one attached hydrogen (secondary N) is 1. The van der Waals surface area contributed by atoms with Crippen LogP contribution in [0.3, 0.4) is 0 Å². The van der Waals surface area contributed by atoms with Crippen LogP contribution in [-0.4, -0.2) is 20.0 Å². The molecule has 0 saturated heterocycles. The van der Waals surface area contributed by atoms with Gasteiger partial charge in [0.2, 0.25) is 0 Å². The predicted molar refractivity (Wildman–Crippen MR) is 113 cm³/mol. The minimum Gasteiger partial charge on any atom is -0.378 e. The molecule has 0 aliphatic carbocycles. The quantitative estimate of drug-likeness (QED) is 0.635. The molecule has 0 bridgehead atoms. The number of carbonyl (C=O) groups is 1. The maximum atomic E-state index is 12.5. The topological polar surface area (TPSA) is 41.6 Å². The zero-order valence-electron chi connectivity index (χ0n) is 16.4. The molecule has 0 spiro atoms. The summed E-state index contributed by atoms with van der Waals surface area (Å²) in [5.41, 5.74) is 4.95. The van der Waals surface area contributed by atoms with Crippen molar-refractivity contribution in [3.8, 4) is 0 Å². The van der Waals surface area contributed by atoms with Gasteiger partial charge in [0, 0.05) is 31.9 Å². The second-order valence-electron chi connectivity index (χ2n) is 6.87. The van der Waals surface area contributed by atoms with E-state index in [0.29, 0.717) is 25.3 Å². The molecule has 3 aromatic rings. The van der Waals surface area contributed by atoms with Crippen LogP contribution in [0.5, 0.6) is 0 Å². The van der Waals surface area contributed by atoms with Gasteiger partial charge in [0.15, 0.2) is 0 Å². The van der Waals surface area contributed by atoms with E-state index < -0.39 is 0 Å². The molecule has 0 radical (unpaired) electrons.